The molecule has 1 aromatic carbocycles. The Morgan fingerprint density at radius 2 is 1.63 bits per heavy atom. The quantitative estimate of drug-likeness (QED) is 0.729. The first kappa shape index (κ1) is 16.0. The lowest BCUT2D eigenvalue weighted by molar-refractivity contribution is 0.669. The van der Waals surface area contributed by atoms with Gasteiger partial charge in [-0.3, -0.25) is 0 Å². The van der Waals surface area contributed by atoms with Gasteiger partial charge in [-0.25, -0.2) is 0 Å². The van der Waals surface area contributed by atoms with Crippen LogP contribution in [0.1, 0.15) is 52.0 Å². The van der Waals surface area contributed by atoms with E-state index in [9.17, 15) is 0 Å². The van der Waals surface area contributed by atoms with Gasteiger partial charge in [-0.15, -0.1) is 0 Å². The molecule has 108 valence electrons. The summed E-state index contributed by atoms with van der Waals surface area (Å²) >= 11 is 0. The summed E-state index contributed by atoms with van der Waals surface area (Å²) in [4.78, 5) is 2.55. The standard InChI is InChI=1S/C17H30N2/c1-4-6-12-19(13-7-5-2)17-11-9-8-10-16(17)14-15(3)18/h8-11,15H,4-7,12-14,18H2,1-3H3. The van der Waals surface area contributed by atoms with E-state index in [4.69, 9.17) is 5.73 Å². The number of nitrogens with two attached hydrogens (primary N) is 1. The average Bonchev–Trinajstić information content (AvgIpc) is 2.39. The third-order valence-corrected chi connectivity index (χ3v) is 3.44. The predicted octanol–water partition coefficient (Wildman–Crippen LogP) is 3.98. The average molecular weight is 262 g/mol. The van der Waals surface area contributed by atoms with E-state index in [-0.39, 0.29) is 6.04 Å². The van der Waals surface area contributed by atoms with Gasteiger partial charge in [-0.05, 0) is 37.8 Å². The molecule has 0 aliphatic heterocycles. The van der Waals surface area contributed by atoms with Gasteiger partial charge in [0.05, 0.1) is 0 Å². The van der Waals surface area contributed by atoms with Crippen molar-refractivity contribution in [3.8, 4) is 0 Å². The van der Waals surface area contributed by atoms with Crippen LogP contribution in [0, 0.1) is 0 Å². The summed E-state index contributed by atoms with van der Waals surface area (Å²) in [6, 6.07) is 8.97. The Balaban J connectivity index is 2.85. The molecular formula is C17H30N2. The maximum absolute atomic E-state index is 5.98. The SMILES string of the molecule is CCCCN(CCCC)c1ccccc1CC(C)N. The molecule has 0 fully saturated rings. The maximum Gasteiger partial charge on any atom is 0.0399 e. The molecule has 0 spiro atoms. The monoisotopic (exact) mass is 262 g/mol. The minimum atomic E-state index is 0.223. The first-order chi connectivity index (χ1) is 9.19. The van der Waals surface area contributed by atoms with Crippen molar-refractivity contribution in [2.24, 2.45) is 5.73 Å². The number of nitrogens with zero attached hydrogens (tertiary/aromatic N) is 1. The smallest absolute Gasteiger partial charge is 0.0399 e. The number of benzene rings is 1. The van der Waals surface area contributed by atoms with Gasteiger partial charge < -0.3 is 10.6 Å². The summed E-state index contributed by atoms with van der Waals surface area (Å²) in [5.41, 5.74) is 8.76. The molecule has 1 aromatic rings. The van der Waals surface area contributed by atoms with Gasteiger partial charge >= 0.3 is 0 Å². The summed E-state index contributed by atoms with van der Waals surface area (Å²) in [6.07, 6.45) is 5.98. The van der Waals surface area contributed by atoms with Crippen molar-refractivity contribution in [1.82, 2.24) is 0 Å². The molecular weight excluding hydrogens is 232 g/mol. The van der Waals surface area contributed by atoms with Crippen LogP contribution in [0.4, 0.5) is 5.69 Å². The van der Waals surface area contributed by atoms with Crippen molar-refractivity contribution < 1.29 is 0 Å². The van der Waals surface area contributed by atoms with Crippen molar-refractivity contribution in [3.63, 3.8) is 0 Å². The molecule has 0 aliphatic rings. The highest BCUT2D eigenvalue weighted by molar-refractivity contribution is 5.54. The normalized spacial score (nSPS) is 12.4. The van der Waals surface area contributed by atoms with E-state index in [1.165, 1.54) is 36.9 Å². The lowest BCUT2D eigenvalue weighted by Crippen LogP contribution is -2.28. The molecule has 2 nitrogen and oxygen atoms in total. The summed E-state index contributed by atoms with van der Waals surface area (Å²) in [6.45, 7) is 8.91. The fraction of sp³-hybridized carbons (Fsp3) is 0.647. The predicted molar refractivity (Wildman–Crippen MR) is 85.8 cm³/mol. The van der Waals surface area contributed by atoms with Crippen molar-refractivity contribution in [2.75, 3.05) is 18.0 Å². The second-order valence-electron chi connectivity index (χ2n) is 5.50. The van der Waals surface area contributed by atoms with Gasteiger partial charge in [0.15, 0.2) is 0 Å². The van der Waals surface area contributed by atoms with Crippen LogP contribution < -0.4 is 10.6 Å². The Hall–Kier alpha value is -1.02. The topological polar surface area (TPSA) is 29.3 Å². The number of para-hydroxylation sites is 1. The molecule has 0 aromatic heterocycles. The van der Waals surface area contributed by atoms with E-state index in [0.29, 0.717) is 0 Å². The zero-order valence-corrected chi connectivity index (χ0v) is 12.9. The van der Waals surface area contributed by atoms with Crippen LogP contribution in [0.25, 0.3) is 0 Å². The Kier molecular flexibility index (Phi) is 7.57. The highest BCUT2D eigenvalue weighted by Gasteiger charge is 2.11. The van der Waals surface area contributed by atoms with Crippen LogP contribution in [0.15, 0.2) is 24.3 Å². The highest BCUT2D eigenvalue weighted by Crippen LogP contribution is 2.22. The molecule has 1 unspecified atom stereocenters. The number of anilines is 1. The van der Waals surface area contributed by atoms with Crippen LogP contribution in [0.5, 0.6) is 0 Å². The zero-order chi connectivity index (χ0) is 14.1. The molecule has 0 amide bonds. The van der Waals surface area contributed by atoms with E-state index in [0.717, 1.165) is 19.5 Å². The summed E-state index contributed by atoms with van der Waals surface area (Å²) in [5, 5.41) is 0. The Bertz CT molecular complexity index is 339. The Labute approximate surface area is 119 Å². The first-order valence-corrected chi connectivity index (χ1v) is 7.77. The van der Waals surface area contributed by atoms with Gasteiger partial charge in [-0.1, -0.05) is 44.9 Å². The molecule has 0 saturated carbocycles. The highest BCUT2D eigenvalue weighted by atomic mass is 15.1. The molecule has 1 atom stereocenters. The molecule has 0 aliphatic carbocycles. The summed E-state index contributed by atoms with van der Waals surface area (Å²) < 4.78 is 0. The molecule has 0 saturated heterocycles. The fourth-order valence-corrected chi connectivity index (χ4v) is 2.39. The third kappa shape index (κ3) is 5.65. The molecule has 2 N–H and O–H groups in total. The maximum atomic E-state index is 5.98. The van der Waals surface area contributed by atoms with Crippen molar-refractivity contribution in [2.45, 2.75) is 58.9 Å². The van der Waals surface area contributed by atoms with Crippen molar-refractivity contribution >= 4 is 5.69 Å². The largest absolute Gasteiger partial charge is 0.371 e. The molecule has 1 rings (SSSR count). The minimum absolute atomic E-state index is 0.223. The molecule has 0 bridgehead atoms. The molecule has 0 heterocycles. The zero-order valence-electron chi connectivity index (χ0n) is 12.9. The molecule has 0 radical (unpaired) electrons. The second kappa shape index (κ2) is 8.98. The lowest BCUT2D eigenvalue weighted by atomic mass is 10.0. The second-order valence-corrected chi connectivity index (χ2v) is 5.50. The van der Waals surface area contributed by atoms with Crippen LogP contribution in [0.2, 0.25) is 0 Å². The van der Waals surface area contributed by atoms with Gasteiger partial charge in [0.25, 0.3) is 0 Å². The molecule has 19 heavy (non-hydrogen) atoms. The number of hydrogen-bond acceptors (Lipinski definition) is 2. The third-order valence-electron chi connectivity index (χ3n) is 3.44. The van der Waals surface area contributed by atoms with Crippen LogP contribution >= 0.6 is 0 Å². The summed E-state index contributed by atoms with van der Waals surface area (Å²) in [5.74, 6) is 0. The molecule has 2 heteroatoms. The van der Waals surface area contributed by atoms with E-state index in [1.807, 2.05) is 0 Å². The van der Waals surface area contributed by atoms with E-state index in [2.05, 4.69) is 49.9 Å². The van der Waals surface area contributed by atoms with Crippen LogP contribution in [0.3, 0.4) is 0 Å². The minimum Gasteiger partial charge on any atom is -0.371 e. The van der Waals surface area contributed by atoms with Crippen molar-refractivity contribution in [1.29, 1.82) is 0 Å². The van der Waals surface area contributed by atoms with Gasteiger partial charge in [0, 0.05) is 24.8 Å². The van der Waals surface area contributed by atoms with Gasteiger partial charge in [0.2, 0.25) is 0 Å². The van der Waals surface area contributed by atoms with Crippen LogP contribution in [-0.4, -0.2) is 19.1 Å². The van der Waals surface area contributed by atoms with E-state index in [1.54, 1.807) is 0 Å². The van der Waals surface area contributed by atoms with Gasteiger partial charge in [-0.2, -0.15) is 0 Å². The lowest BCUT2D eigenvalue weighted by Gasteiger charge is -2.27. The Morgan fingerprint density at radius 3 is 2.16 bits per heavy atom. The van der Waals surface area contributed by atoms with Gasteiger partial charge in [0.1, 0.15) is 0 Å². The van der Waals surface area contributed by atoms with Crippen molar-refractivity contribution in [3.05, 3.63) is 29.8 Å². The van der Waals surface area contributed by atoms with E-state index < -0.39 is 0 Å². The number of hydrogen-bond donors (Lipinski definition) is 1. The van der Waals surface area contributed by atoms with E-state index >= 15 is 0 Å². The fourth-order valence-electron chi connectivity index (χ4n) is 2.39. The van der Waals surface area contributed by atoms with Crippen LogP contribution in [-0.2, 0) is 6.42 Å². The number of rotatable bonds is 9. The first-order valence-electron chi connectivity index (χ1n) is 7.77. The summed E-state index contributed by atoms with van der Waals surface area (Å²) in [7, 11) is 0. The number of unbranched alkanes of at least 4 members (excludes halogenated alkanes) is 2. The Morgan fingerprint density at radius 1 is 1.05 bits per heavy atom.